The highest BCUT2D eigenvalue weighted by molar-refractivity contribution is 7.99. The topological polar surface area (TPSA) is 119 Å². The lowest BCUT2D eigenvalue weighted by molar-refractivity contribution is -0.387. The van der Waals surface area contributed by atoms with E-state index in [9.17, 15) is 19.3 Å². The largest absolute Gasteiger partial charge is 0.467 e. The normalized spacial score (nSPS) is 18.1. The van der Waals surface area contributed by atoms with Crippen LogP contribution in [0.4, 0.5) is 21.7 Å². The van der Waals surface area contributed by atoms with Gasteiger partial charge in [0.1, 0.15) is 5.76 Å². The van der Waals surface area contributed by atoms with Crippen molar-refractivity contribution >= 4 is 35.0 Å². The fourth-order valence-electron chi connectivity index (χ4n) is 4.20. The first-order chi connectivity index (χ1) is 16.3. The van der Waals surface area contributed by atoms with E-state index in [-0.39, 0.29) is 11.4 Å². The highest BCUT2D eigenvalue weighted by Gasteiger charge is 2.27. The second-order valence-corrected chi connectivity index (χ2v) is 9.50. The van der Waals surface area contributed by atoms with Crippen molar-refractivity contribution in [2.45, 2.75) is 32.0 Å². The second kappa shape index (κ2) is 10.2. The van der Waals surface area contributed by atoms with Crippen LogP contribution in [0.3, 0.4) is 0 Å². The average molecular weight is 489 g/mol. The van der Waals surface area contributed by atoms with E-state index in [4.69, 9.17) is 4.42 Å². The van der Waals surface area contributed by atoms with Gasteiger partial charge in [0.15, 0.2) is 5.16 Å². The summed E-state index contributed by atoms with van der Waals surface area (Å²) in [5, 5.41) is 22.8. The van der Waals surface area contributed by atoms with Crippen molar-refractivity contribution < 1.29 is 18.5 Å². The zero-order valence-electron chi connectivity index (χ0n) is 18.8. The Morgan fingerprint density at radius 2 is 2.06 bits per heavy atom. The number of anilines is 2. The van der Waals surface area contributed by atoms with Crippen LogP contribution in [-0.4, -0.2) is 44.4 Å². The number of nitro groups is 1. The lowest BCUT2D eigenvalue weighted by Crippen LogP contribution is -2.40. The number of aromatic nitrogens is 3. The van der Waals surface area contributed by atoms with Gasteiger partial charge in [-0.3, -0.25) is 19.5 Å². The predicted octanol–water partition coefficient (Wildman–Crippen LogP) is 4.18. The number of nitrogens with zero attached hydrogens (tertiary/aromatic N) is 5. The van der Waals surface area contributed by atoms with Crippen molar-refractivity contribution in [1.82, 2.24) is 14.8 Å². The molecule has 0 spiro atoms. The van der Waals surface area contributed by atoms with Gasteiger partial charge in [-0.2, -0.15) is 4.39 Å². The molecule has 1 amide bonds. The molecule has 4 rings (SSSR count). The SMILES string of the molecule is CC1CC(C)CN(c2nnc(SCC(=O)Nc3ccc(F)c([N+](=O)[O-])c3)n2Cc2ccco2)C1. The van der Waals surface area contributed by atoms with Crippen LogP contribution in [0.5, 0.6) is 0 Å². The molecule has 1 aliphatic heterocycles. The Hall–Kier alpha value is -3.41. The van der Waals surface area contributed by atoms with Crippen molar-refractivity contribution in [3.8, 4) is 0 Å². The molecule has 1 fully saturated rings. The Labute approximate surface area is 199 Å². The molecular formula is C22H25FN6O4S. The highest BCUT2D eigenvalue weighted by atomic mass is 32.2. The number of nitro benzene ring substituents is 1. The molecule has 180 valence electrons. The molecule has 3 heterocycles. The fourth-order valence-corrected chi connectivity index (χ4v) is 4.94. The molecule has 2 unspecified atom stereocenters. The van der Waals surface area contributed by atoms with E-state index >= 15 is 0 Å². The Bertz CT molecular complexity index is 1160. The molecule has 1 aromatic carbocycles. The molecule has 3 aromatic rings. The molecule has 12 heteroatoms. The summed E-state index contributed by atoms with van der Waals surface area (Å²) in [5.74, 6) is 1.15. The van der Waals surface area contributed by atoms with Crippen LogP contribution in [0.25, 0.3) is 0 Å². The number of hydrogen-bond donors (Lipinski definition) is 1. The Morgan fingerprint density at radius 1 is 1.29 bits per heavy atom. The molecule has 2 aromatic heterocycles. The summed E-state index contributed by atoms with van der Waals surface area (Å²) in [6.45, 7) is 6.60. The van der Waals surface area contributed by atoms with Crippen molar-refractivity contribution in [2.24, 2.45) is 11.8 Å². The van der Waals surface area contributed by atoms with Gasteiger partial charge in [-0.05, 0) is 42.5 Å². The van der Waals surface area contributed by atoms with Crippen LogP contribution in [-0.2, 0) is 11.3 Å². The first-order valence-electron chi connectivity index (χ1n) is 10.9. The maximum atomic E-state index is 13.5. The van der Waals surface area contributed by atoms with Crippen LogP contribution in [0.15, 0.2) is 46.2 Å². The number of halogens is 1. The number of rotatable bonds is 8. The number of furan rings is 1. The molecule has 10 nitrogen and oxygen atoms in total. The number of nitrogens with one attached hydrogen (secondary N) is 1. The van der Waals surface area contributed by atoms with Crippen LogP contribution in [0.2, 0.25) is 0 Å². The molecule has 0 bridgehead atoms. The van der Waals surface area contributed by atoms with Gasteiger partial charge in [0, 0.05) is 24.8 Å². The average Bonchev–Trinajstić information content (AvgIpc) is 3.43. The summed E-state index contributed by atoms with van der Waals surface area (Å²) in [6, 6.07) is 6.91. The summed E-state index contributed by atoms with van der Waals surface area (Å²) >= 11 is 1.20. The third-order valence-electron chi connectivity index (χ3n) is 5.50. The van der Waals surface area contributed by atoms with Crippen LogP contribution >= 0.6 is 11.8 Å². The Kier molecular flexibility index (Phi) is 7.15. The van der Waals surface area contributed by atoms with Crippen molar-refractivity contribution in [3.05, 3.63) is 58.3 Å². The molecule has 1 N–H and O–H groups in total. The minimum absolute atomic E-state index is 0.00569. The molecule has 2 atom stereocenters. The molecule has 1 aliphatic rings. The smallest absolute Gasteiger partial charge is 0.306 e. The van der Waals surface area contributed by atoms with Gasteiger partial charge in [0.2, 0.25) is 17.7 Å². The fraction of sp³-hybridized carbons (Fsp3) is 0.409. The van der Waals surface area contributed by atoms with E-state index in [2.05, 4.69) is 34.3 Å². The molecule has 34 heavy (non-hydrogen) atoms. The lowest BCUT2D eigenvalue weighted by Gasteiger charge is -2.35. The van der Waals surface area contributed by atoms with Crippen molar-refractivity contribution in [3.63, 3.8) is 0 Å². The predicted molar refractivity (Wildman–Crippen MR) is 125 cm³/mol. The van der Waals surface area contributed by atoms with Gasteiger partial charge in [0.25, 0.3) is 0 Å². The number of carbonyl (C=O) groups excluding carboxylic acids is 1. The molecule has 0 aliphatic carbocycles. The first kappa shape index (κ1) is 23.7. The van der Waals surface area contributed by atoms with E-state index in [1.165, 1.54) is 17.8 Å². The van der Waals surface area contributed by atoms with E-state index in [0.29, 0.717) is 23.5 Å². The number of piperidine rings is 1. The summed E-state index contributed by atoms with van der Waals surface area (Å²) in [7, 11) is 0. The second-order valence-electron chi connectivity index (χ2n) is 8.56. The Balaban J connectivity index is 1.49. The monoisotopic (exact) mass is 488 g/mol. The number of amides is 1. The maximum absolute atomic E-state index is 13.5. The summed E-state index contributed by atoms with van der Waals surface area (Å²) < 4.78 is 21.0. The van der Waals surface area contributed by atoms with Gasteiger partial charge >= 0.3 is 5.69 Å². The molecule has 1 saturated heterocycles. The summed E-state index contributed by atoms with van der Waals surface area (Å²) in [5.41, 5.74) is -0.550. The zero-order chi connectivity index (χ0) is 24.2. The molecular weight excluding hydrogens is 463 g/mol. The van der Waals surface area contributed by atoms with Crippen molar-refractivity contribution in [2.75, 3.05) is 29.1 Å². The van der Waals surface area contributed by atoms with E-state index in [0.717, 1.165) is 43.4 Å². The van der Waals surface area contributed by atoms with Crippen LogP contribution in [0, 0.1) is 27.8 Å². The number of thioether (sulfide) groups is 1. The minimum Gasteiger partial charge on any atom is -0.467 e. The summed E-state index contributed by atoms with van der Waals surface area (Å²) in [6.07, 6.45) is 2.76. The zero-order valence-corrected chi connectivity index (χ0v) is 19.6. The highest BCUT2D eigenvalue weighted by Crippen LogP contribution is 2.29. The third-order valence-corrected chi connectivity index (χ3v) is 6.47. The number of hydrogen-bond acceptors (Lipinski definition) is 8. The van der Waals surface area contributed by atoms with Crippen molar-refractivity contribution in [1.29, 1.82) is 0 Å². The van der Waals surface area contributed by atoms with E-state index < -0.39 is 22.3 Å². The quantitative estimate of drug-likeness (QED) is 0.285. The maximum Gasteiger partial charge on any atom is 0.306 e. The standard InChI is InChI=1S/C22H25FN6O4S/c1-14-8-15(2)11-27(10-14)21-25-26-22(28(21)12-17-4-3-7-33-17)34-13-20(30)24-16-5-6-18(23)19(9-16)29(31)32/h3-7,9,14-15H,8,10-13H2,1-2H3,(H,24,30). The van der Waals surface area contributed by atoms with Gasteiger partial charge in [0.05, 0.1) is 23.5 Å². The third kappa shape index (κ3) is 5.56. The molecule has 0 saturated carbocycles. The van der Waals surface area contributed by atoms with Gasteiger partial charge < -0.3 is 14.6 Å². The Morgan fingerprint density at radius 3 is 2.74 bits per heavy atom. The minimum atomic E-state index is -0.961. The van der Waals surface area contributed by atoms with Crippen LogP contribution in [0.1, 0.15) is 26.0 Å². The lowest BCUT2D eigenvalue weighted by atomic mass is 9.92. The number of carbonyl (C=O) groups is 1. The van der Waals surface area contributed by atoms with Gasteiger partial charge in [-0.25, -0.2) is 0 Å². The van der Waals surface area contributed by atoms with E-state index in [1.54, 1.807) is 6.26 Å². The van der Waals surface area contributed by atoms with Gasteiger partial charge in [-0.1, -0.05) is 25.6 Å². The first-order valence-corrected chi connectivity index (χ1v) is 11.9. The summed E-state index contributed by atoms with van der Waals surface area (Å²) in [4.78, 5) is 24.8. The van der Waals surface area contributed by atoms with E-state index in [1.807, 2.05) is 16.7 Å². The van der Waals surface area contributed by atoms with Crippen LogP contribution < -0.4 is 10.2 Å². The number of benzene rings is 1. The van der Waals surface area contributed by atoms with Gasteiger partial charge in [-0.15, -0.1) is 10.2 Å². The molecule has 0 radical (unpaired) electrons.